The lowest BCUT2D eigenvalue weighted by atomic mass is 10.0. The SMILES string of the molecule is OC[C@H]1CCc2cc(F)ccc2O1. The van der Waals surface area contributed by atoms with Crippen LogP contribution in [0.15, 0.2) is 18.2 Å². The van der Waals surface area contributed by atoms with E-state index in [1.54, 1.807) is 6.07 Å². The number of halogens is 1. The first-order valence-corrected chi connectivity index (χ1v) is 4.35. The molecule has 0 bridgehead atoms. The highest BCUT2D eigenvalue weighted by atomic mass is 19.1. The number of rotatable bonds is 1. The van der Waals surface area contributed by atoms with Crippen LogP contribution in [0.1, 0.15) is 12.0 Å². The van der Waals surface area contributed by atoms with Crippen LogP contribution in [-0.4, -0.2) is 17.8 Å². The van der Waals surface area contributed by atoms with Crippen LogP contribution in [-0.2, 0) is 6.42 Å². The first-order chi connectivity index (χ1) is 6.29. The largest absolute Gasteiger partial charge is 0.488 e. The normalized spacial score (nSPS) is 20.6. The minimum Gasteiger partial charge on any atom is -0.488 e. The van der Waals surface area contributed by atoms with Crippen LogP contribution >= 0.6 is 0 Å². The monoisotopic (exact) mass is 182 g/mol. The second-order valence-corrected chi connectivity index (χ2v) is 3.21. The lowest BCUT2D eigenvalue weighted by molar-refractivity contribution is 0.0976. The molecule has 1 N–H and O–H groups in total. The fourth-order valence-electron chi connectivity index (χ4n) is 1.54. The van der Waals surface area contributed by atoms with Crippen LogP contribution in [0, 0.1) is 5.82 Å². The number of fused-ring (bicyclic) bond motifs is 1. The number of aryl methyl sites for hydroxylation is 1. The van der Waals surface area contributed by atoms with Gasteiger partial charge in [-0.25, -0.2) is 4.39 Å². The second kappa shape index (κ2) is 3.34. The Kier molecular flexibility index (Phi) is 2.19. The molecule has 0 unspecified atom stereocenters. The molecule has 0 saturated heterocycles. The van der Waals surface area contributed by atoms with Crippen molar-refractivity contribution in [3.63, 3.8) is 0 Å². The van der Waals surface area contributed by atoms with E-state index in [1.807, 2.05) is 0 Å². The minimum atomic E-state index is -0.232. The van der Waals surface area contributed by atoms with Crippen molar-refractivity contribution >= 4 is 0 Å². The van der Waals surface area contributed by atoms with Crippen molar-refractivity contribution in [2.45, 2.75) is 18.9 Å². The van der Waals surface area contributed by atoms with Crippen LogP contribution in [0.4, 0.5) is 4.39 Å². The Hall–Kier alpha value is -1.09. The third-order valence-corrected chi connectivity index (χ3v) is 2.26. The predicted octanol–water partition coefficient (Wildman–Crippen LogP) is 1.51. The highest BCUT2D eigenvalue weighted by Crippen LogP contribution is 2.27. The molecule has 0 spiro atoms. The van der Waals surface area contributed by atoms with E-state index in [9.17, 15) is 4.39 Å². The van der Waals surface area contributed by atoms with Gasteiger partial charge in [-0.2, -0.15) is 0 Å². The number of aliphatic hydroxyl groups excluding tert-OH is 1. The Morgan fingerprint density at radius 1 is 1.54 bits per heavy atom. The third-order valence-electron chi connectivity index (χ3n) is 2.26. The maximum Gasteiger partial charge on any atom is 0.123 e. The van der Waals surface area contributed by atoms with Crippen molar-refractivity contribution in [3.8, 4) is 5.75 Å². The molecule has 0 amide bonds. The van der Waals surface area contributed by atoms with Crippen molar-refractivity contribution < 1.29 is 14.2 Å². The molecule has 0 aliphatic carbocycles. The molecule has 2 rings (SSSR count). The lowest BCUT2D eigenvalue weighted by Gasteiger charge is -2.24. The van der Waals surface area contributed by atoms with Gasteiger partial charge in [0.05, 0.1) is 6.61 Å². The van der Waals surface area contributed by atoms with Gasteiger partial charge in [0.25, 0.3) is 0 Å². The Balaban J connectivity index is 2.26. The molecule has 3 heteroatoms. The summed E-state index contributed by atoms with van der Waals surface area (Å²) in [4.78, 5) is 0. The van der Waals surface area contributed by atoms with Gasteiger partial charge in [-0.1, -0.05) is 0 Å². The van der Waals surface area contributed by atoms with E-state index in [0.717, 1.165) is 18.4 Å². The summed E-state index contributed by atoms with van der Waals surface area (Å²) in [6.45, 7) is 0.0246. The van der Waals surface area contributed by atoms with Crippen LogP contribution < -0.4 is 4.74 Å². The number of hydrogen-bond donors (Lipinski definition) is 1. The van der Waals surface area contributed by atoms with Gasteiger partial charge in [-0.3, -0.25) is 0 Å². The molecule has 1 aromatic carbocycles. The van der Waals surface area contributed by atoms with Gasteiger partial charge < -0.3 is 9.84 Å². The summed E-state index contributed by atoms with van der Waals surface area (Å²) >= 11 is 0. The lowest BCUT2D eigenvalue weighted by Crippen LogP contribution is -2.26. The van der Waals surface area contributed by atoms with Crippen molar-refractivity contribution in [2.75, 3.05) is 6.61 Å². The molecular formula is C10H11FO2. The van der Waals surface area contributed by atoms with Gasteiger partial charge >= 0.3 is 0 Å². The third kappa shape index (κ3) is 1.65. The Morgan fingerprint density at radius 3 is 3.15 bits per heavy atom. The summed E-state index contributed by atoms with van der Waals surface area (Å²) < 4.78 is 18.2. The zero-order chi connectivity index (χ0) is 9.26. The first kappa shape index (κ1) is 8.51. The molecular weight excluding hydrogens is 171 g/mol. The highest BCUT2D eigenvalue weighted by Gasteiger charge is 2.18. The van der Waals surface area contributed by atoms with Crippen LogP contribution in [0.3, 0.4) is 0 Å². The van der Waals surface area contributed by atoms with Gasteiger partial charge in [-0.05, 0) is 36.6 Å². The average Bonchev–Trinajstić information content (AvgIpc) is 2.17. The van der Waals surface area contributed by atoms with Crippen LogP contribution in [0.5, 0.6) is 5.75 Å². The molecule has 1 atom stereocenters. The summed E-state index contributed by atoms with van der Waals surface area (Å²) in [5.74, 6) is 0.469. The Bertz CT molecular complexity index is 312. The van der Waals surface area contributed by atoms with E-state index in [2.05, 4.69) is 0 Å². The first-order valence-electron chi connectivity index (χ1n) is 4.35. The zero-order valence-electron chi connectivity index (χ0n) is 7.16. The molecule has 13 heavy (non-hydrogen) atoms. The number of hydrogen-bond acceptors (Lipinski definition) is 2. The van der Waals surface area contributed by atoms with Crippen LogP contribution in [0.25, 0.3) is 0 Å². The molecule has 1 heterocycles. The topological polar surface area (TPSA) is 29.5 Å². The zero-order valence-corrected chi connectivity index (χ0v) is 7.16. The van der Waals surface area contributed by atoms with Gasteiger partial charge in [-0.15, -0.1) is 0 Å². The summed E-state index contributed by atoms with van der Waals surface area (Å²) in [7, 11) is 0. The summed E-state index contributed by atoms with van der Waals surface area (Å²) in [6, 6.07) is 4.48. The highest BCUT2D eigenvalue weighted by molar-refractivity contribution is 5.35. The fraction of sp³-hybridized carbons (Fsp3) is 0.400. The van der Waals surface area contributed by atoms with E-state index in [0.29, 0.717) is 5.75 Å². The summed E-state index contributed by atoms with van der Waals surface area (Å²) in [5.41, 5.74) is 0.893. The number of aliphatic hydroxyl groups is 1. The number of benzene rings is 1. The van der Waals surface area contributed by atoms with Gasteiger partial charge in [0, 0.05) is 0 Å². The fourth-order valence-corrected chi connectivity index (χ4v) is 1.54. The molecule has 1 aliphatic rings. The smallest absolute Gasteiger partial charge is 0.123 e. The Labute approximate surface area is 76.0 Å². The van der Waals surface area contributed by atoms with Crippen molar-refractivity contribution in [1.29, 1.82) is 0 Å². The van der Waals surface area contributed by atoms with Gasteiger partial charge in [0.2, 0.25) is 0 Å². The van der Waals surface area contributed by atoms with Crippen LogP contribution in [0.2, 0.25) is 0 Å². The quantitative estimate of drug-likeness (QED) is 0.713. The molecule has 0 radical (unpaired) electrons. The van der Waals surface area contributed by atoms with Crippen molar-refractivity contribution in [1.82, 2.24) is 0 Å². The van der Waals surface area contributed by atoms with Gasteiger partial charge in [0.15, 0.2) is 0 Å². The van der Waals surface area contributed by atoms with E-state index >= 15 is 0 Å². The maximum atomic E-state index is 12.8. The minimum absolute atomic E-state index is 0.0246. The van der Waals surface area contributed by atoms with E-state index in [-0.39, 0.29) is 18.5 Å². The van der Waals surface area contributed by atoms with Gasteiger partial charge in [0.1, 0.15) is 17.7 Å². The van der Waals surface area contributed by atoms with Crippen molar-refractivity contribution in [2.24, 2.45) is 0 Å². The Morgan fingerprint density at radius 2 is 2.38 bits per heavy atom. The second-order valence-electron chi connectivity index (χ2n) is 3.21. The maximum absolute atomic E-state index is 12.8. The molecule has 1 aliphatic heterocycles. The van der Waals surface area contributed by atoms with Crippen molar-refractivity contribution in [3.05, 3.63) is 29.6 Å². The predicted molar refractivity (Wildman–Crippen MR) is 46.2 cm³/mol. The molecule has 0 fully saturated rings. The van der Waals surface area contributed by atoms with E-state index in [1.165, 1.54) is 12.1 Å². The molecule has 0 aromatic heterocycles. The molecule has 0 saturated carbocycles. The van der Waals surface area contributed by atoms with E-state index in [4.69, 9.17) is 9.84 Å². The summed E-state index contributed by atoms with van der Waals surface area (Å²) in [6.07, 6.45) is 1.41. The molecule has 2 nitrogen and oxygen atoms in total. The average molecular weight is 182 g/mol. The molecule has 70 valence electrons. The number of ether oxygens (including phenoxy) is 1. The summed E-state index contributed by atoms with van der Waals surface area (Å²) in [5, 5.41) is 8.87. The standard InChI is InChI=1S/C10H11FO2/c11-8-2-4-10-7(5-8)1-3-9(6-12)13-10/h2,4-5,9,12H,1,3,6H2/t9-/m1/s1. The molecule has 1 aromatic rings. The van der Waals surface area contributed by atoms with E-state index < -0.39 is 0 Å².